The van der Waals surface area contributed by atoms with Crippen LogP contribution in [0.1, 0.15) is 0 Å². The normalized spacial score (nSPS) is 11.4. The van der Waals surface area contributed by atoms with E-state index in [9.17, 15) is 13.2 Å². The van der Waals surface area contributed by atoms with Crippen molar-refractivity contribution in [3.63, 3.8) is 0 Å². The van der Waals surface area contributed by atoms with Crippen molar-refractivity contribution in [3.8, 4) is 17.2 Å². The first-order valence-corrected chi connectivity index (χ1v) is 13.7. The van der Waals surface area contributed by atoms with Crippen LogP contribution >= 0.6 is 46.3 Å². The van der Waals surface area contributed by atoms with E-state index in [0.717, 1.165) is 32.0 Å². The molecule has 0 saturated carbocycles. The topological polar surface area (TPSA) is 107 Å². The standard InChI is InChI=1S/C22H18Cl2N2O6S3/c1-30-12-6-7-15(31-2)17(8-12)33-18-10-25-14-4-3-5-16(21(14)18)32-11-19(27)26-35(28,29)20-9-13(23)22(24)34-20/h3-10,25H,11H2,1-2H3,(H,26,27). The zero-order chi connectivity index (χ0) is 25.2. The van der Waals surface area contributed by atoms with Gasteiger partial charge in [-0.05, 0) is 36.4 Å². The maximum absolute atomic E-state index is 12.4. The van der Waals surface area contributed by atoms with Crippen molar-refractivity contribution in [2.24, 2.45) is 0 Å². The van der Waals surface area contributed by atoms with Crippen LogP contribution in [-0.2, 0) is 14.8 Å². The lowest BCUT2D eigenvalue weighted by atomic mass is 10.2. The number of carbonyl (C=O) groups excluding carboxylic acids is 1. The molecule has 0 radical (unpaired) electrons. The molecule has 0 atom stereocenters. The van der Waals surface area contributed by atoms with Gasteiger partial charge in [-0.3, -0.25) is 4.79 Å². The SMILES string of the molecule is COc1ccc(OC)c(Sc2c[nH]c3cccc(OCC(=O)NS(=O)(=O)c4cc(Cl)c(Cl)s4)c23)c1. The minimum absolute atomic E-state index is 0.0950. The van der Waals surface area contributed by atoms with Crippen molar-refractivity contribution >= 4 is 73.1 Å². The Hall–Kier alpha value is -2.57. The number of ether oxygens (including phenoxy) is 3. The molecule has 8 nitrogen and oxygen atoms in total. The van der Waals surface area contributed by atoms with Crippen LogP contribution in [0.2, 0.25) is 9.36 Å². The van der Waals surface area contributed by atoms with Crippen molar-refractivity contribution in [2.75, 3.05) is 20.8 Å². The highest BCUT2D eigenvalue weighted by Gasteiger charge is 2.22. The van der Waals surface area contributed by atoms with E-state index in [1.165, 1.54) is 17.8 Å². The summed E-state index contributed by atoms with van der Waals surface area (Å²) in [5, 5.41) is 0.826. The van der Waals surface area contributed by atoms with Gasteiger partial charge in [-0.2, -0.15) is 0 Å². The number of H-pyrrole nitrogens is 1. The molecule has 35 heavy (non-hydrogen) atoms. The molecule has 4 aromatic rings. The van der Waals surface area contributed by atoms with E-state index in [-0.39, 0.29) is 13.6 Å². The molecule has 2 N–H and O–H groups in total. The monoisotopic (exact) mass is 572 g/mol. The molecule has 1 amide bonds. The average molecular weight is 574 g/mol. The van der Waals surface area contributed by atoms with Crippen LogP contribution in [0.4, 0.5) is 0 Å². The van der Waals surface area contributed by atoms with Gasteiger partial charge in [0.2, 0.25) is 0 Å². The molecule has 0 spiro atoms. The van der Waals surface area contributed by atoms with E-state index < -0.39 is 22.5 Å². The molecule has 0 aliphatic carbocycles. The van der Waals surface area contributed by atoms with Gasteiger partial charge in [0.15, 0.2) is 6.61 Å². The van der Waals surface area contributed by atoms with Gasteiger partial charge in [0.05, 0.1) is 35.0 Å². The Labute approximate surface area is 219 Å². The predicted molar refractivity (Wildman–Crippen MR) is 137 cm³/mol. The summed E-state index contributed by atoms with van der Waals surface area (Å²) in [6, 6.07) is 12.0. The van der Waals surface area contributed by atoms with Crippen LogP contribution in [0.15, 0.2) is 62.7 Å². The highest BCUT2D eigenvalue weighted by molar-refractivity contribution is 7.99. The number of rotatable bonds is 9. The number of amides is 1. The summed E-state index contributed by atoms with van der Waals surface area (Å²) in [6.07, 6.45) is 1.82. The van der Waals surface area contributed by atoms with Crippen molar-refractivity contribution in [1.82, 2.24) is 9.71 Å². The van der Waals surface area contributed by atoms with Gasteiger partial charge in [0.1, 0.15) is 25.8 Å². The molecule has 0 bridgehead atoms. The molecule has 184 valence electrons. The molecule has 4 rings (SSSR count). The highest BCUT2D eigenvalue weighted by atomic mass is 35.5. The second kappa shape index (κ2) is 10.6. The molecule has 0 saturated heterocycles. The predicted octanol–water partition coefficient (Wildman–Crippen LogP) is 5.59. The third kappa shape index (κ3) is 5.65. The molecular formula is C22H18Cl2N2O6S3. The fraction of sp³-hybridized carbons (Fsp3) is 0.136. The fourth-order valence-electron chi connectivity index (χ4n) is 3.14. The first-order chi connectivity index (χ1) is 16.7. The maximum Gasteiger partial charge on any atom is 0.273 e. The third-order valence-corrected chi connectivity index (χ3v) is 9.51. The molecule has 13 heteroatoms. The number of fused-ring (bicyclic) bond motifs is 1. The first kappa shape index (κ1) is 25.5. The number of aromatic amines is 1. The average Bonchev–Trinajstić information content (AvgIpc) is 3.40. The quantitative estimate of drug-likeness (QED) is 0.269. The number of benzene rings is 2. The number of hydrogen-bond acceptors (Lipinski definition) is 8. The number of carbonyl (C=O) groups is 1. The molecule has 0 fully saturated rings. The summed E-state index contributed by atoms with van der Waals surface area (Å²) >= 11 is 13.8. The van der Waals surface area contributed by atoms with Crippen LogP contribution in [0.3, 0.4) is 0 Å². The zero-order valence-corrected chi connectivity index (χ0v) is 22.2. The van der Waals surface area contributed by atoms with Gasteiger partial charge in [-0.25, -0.2) is 13.1 Å². The lowest BCUT2D eigenvalue weighted by Gasteiger charge is -2.11. The molecule has 2 aromatic carbocycles. The zero-order valence-electron chi connectivity index (χ0n) is 18.3. The molecular weight excluding hydrogens is 555 g/mol. The number of methoxy groups -OCH3 is 2. The Balaban J connectivity index is 1.54. The molecule has 0 unspecified atom stereocenters. The van der Waals surface area contributed by atoms with Crippen LogP contribution in [-0.4, -0.2) is 40.1 Å². The maximum atomic E-state index is 12.4. The number of hydrogen-bond donors (Lipinski definition) is 2. The fourth-order valence-corrected chi connectivity index (χ4v) is 7.08. The molecule has 0 aliphatic rings. The van der Waals surface area contributed by atoms with Gasteiger partial charge in [0.25, 0.3) is 15.9 Å². The Morgan fingerprint density at radius 2 is 1.89 bits per heavy atom. The number of thiophene rings is 1. The second-order valence-electron chi connectivity index (χ2n) is 6.95. The Bertz CT molecular complexity index is 1480. The molecule has 0 aliphatic heterocycles. The van der Waals surface area contributed by atoms with E-state index in [2.05, 4.69) is 4.98 Å². The summed E-state index contributed by atoms with van der Waals surface area (Å²) in [5.74, 6) is 0.905. The second-order valence-corrected chi connectivity index (χ2v) is 12.0. The van der Waals surface area contributed by atoms with E-state index in [1.807, 2.05) is 29.1 Å². The Kier molecular flexibility index (Phi) is 7.72. The Morgan fingerprint density at radius 1 is 1.09 bits per heavy atom. The van der Waals surface area contributed by atoms with Crippen LogP contribution in [0, 0.1) is 0 Å². The van der Waals surface area contributed by atoms with Gasteiger partial charge in [-0.15, -0.1) is 11.3 Å². The minimum atomic E-state index is -4.13. The van der Waals surface area contributed by atoms with Gasteiger partial charge >= 0.3 is 0 Å². The van der Waals surface area contributed by atoms with E-state index in [1.54, 1.807) is 32.4 Å². The van der Waals surface area contributed by atoms with Crippen LogP contribution < -0.4 is 18.9 Å². The van der Waals surface area contributed by atoms with Crippen LogP contribution in [0.25, 0.3) is 10.9 Å². The number of sulfonamides is 1. The minimum Gasteiger partial charge on any atom is -0.497 e. The molecule has 2 aromatic heterocycles. The number of nitrogens with one attached hydrogen (secondary N) is 2. The summed E-state index contributed by atoms with van der Waals surface area (Å²) in [4.78, 5) is 17.2. The summed E-state index contributed by atoms with van der Waals surface area (Å²) in [7, 11) is -0.959. The van der Waals surface area contributed by atoms with E-state index in [4.69, 9.17) is 37.4 Å². The van der Waals surface area contributed by atoms with Crippen molar-refractivity contribution in [2.45, 2.75) is 14.0 Å². The summed E-state index contributed by atoms with van der Waals surface area (Å²) in [5.41, 5.74) is 0.780. The van der Waals surface area contributed by atoms with Gasteiger partial charge < -0.3 is 19.2 Å². The van der Waals surface area contributed by atoms with Crippen molar-refractivity contribution in [1.29, 1.82) is 0 Å². The van der Waals surface area contributed by atoms with Crippen LogP contribution in [0.5, 0.6) is 17.2 Å². The first-order valence-electron chi connectivity index (χ1n) is 9.85. The van der Waals surface area contributed by atoms with Gasteiger partial charge in [-0.1, -0.05) is 41.0 Å². The third-order valence-electron chi connectivity index (χ3n) is 4.72. The summed E-state index contributed by atoms with van der Waals surface area (Å²) in [6.45, 7) is -0.525. The molecule has 2 heterocycles. The lowest BCUT2D eigenvalue weighted by molar-refractivity contribution is -0.121. The number of aromatic nitrogens is 1. The van der Waals surface area contributed by atoms with Crippen molar-refractivity contribution in [3.05, 3.63) is 58.0 Å². The largest absolute Gasteiger partial charge is 0.497 e. The van der Waals surface area contributed by atoms with Gasteiger partial charge in [0, 0.05) is 11.1 Å². The van der Waals surface area contributed by atoms with Crippen molar-refractivity contribution < 1.29 is 27.4 Å². The lowest BCUT2D eigenvalue weighted by Crippen LogP contribution is -2.34. The summed E-state index contributed by atoms with van der Waals surface area (Å²) < 4.78 is 43.3. The van der Waals surface area contributed by atoms with E-state index in [0.29, 0.717) is 17.2 Å². The van der Waals surface area contributed by atoms with E-state index >= 15 is 0 Å². The Morgan fingerprint density at radius 3 is 2.57 bits per heavy atom. The number of halogens is 2. The highest BCUT2D eigenvalue weighted by Crippen LogP contribution is 2.42. The smallest absolute Gasteiger partial charge is 0.273 e.